The van der Waals surface area contributed by atoms with Crippen molar-refractivity contribution in [2.24, 2.45) is 5.41 Å². The molecule has 0 aliphatic carbocycles. The molecule has 46 heavy (non-hydrogen) atoms. The van der Waals surface area contributed by atoms with Crippen LogP contribution in [0.1, 0.15) is 83.1 Å². The van der Waals surface area contributed by atoms with Crippen LogP contribution in [0, 0.1) is 5.41 Å². The molecular weight excluding hydrogens is 651 g/mol. The molecule has 0 aromatic rings. The van der Waals surface area contributed by atoms with E-state index in [4.69, 9.17) is 26.9 Å². The quantitative estimate of drug-likeness (QED) is 0.0944. The Morgan fingerprint density at radius 1 is 0.804 bits per heavy atom. The molecule has 2 radical (unpaired) electrons. The fourth-order valence-electron chi connectivity index (χ4n) is 6.98. The summed E-state index contributed by atoms with van der Waals surface area (Å²) in [5.41, 5.74) is -19.9. The summed E-state index contributed by atoms with van der Waals surface area (Å²) in [6, 6.07) is 0. The molecule has 3 unspecified atom stereocenters. The first-order valence-corrected chi connectivity index (χ1v) is 15.2. The van der Waals surface area contributed by atoms with E-state index in [0.717, 1.165) is 27.7 Å². The van der Waals surface area contributed by atoms with E-state index in [1.807, 2.05) is 0 Å². The minimum Gasteiger partial charge on any atom is -0.726 e. The van der Waals surface area contributed by atoms with Gasteiger partial charge in [0.25, 0.3) is 8.05 Å². The first-order valence-electron chi connectivity index (χ1n) is 13.9. The normalized spacial score (nSPS) is 45.6. The van der Waals surface area contributed by atoms with Gasteiger partial charge in [-0.05, 0) is 69.2 Å². The summed E-state index contributed by atoms with van der Waals surface area (Å²) in [6.45, 7) is 14.1. The largest absolute Gasteiger partial charge is 1.00 e. The van der Waals surface area contributed by atoms with Crippen molar-refractivity contribution in [1.29, 1.82) is 0 Å². The molecule has 0 aromatic heterocycles. The van der Waals surface area contributed by atoms with Gasteiger partial charge in [-0.1, -0.05) is 6.92 Å². The number of hydrogen-bond donors (Lipinski definition) is 4. The van der Waals surface area contributed by atoms with E-state index in [9.17, 15) is 43.0 Å². The molecule has 1 amide bonds. The monoisotopic (exact) mass is 697 g/mol. The van der Waals surface area contributed by atoms with E-state index < -0.39 is 97.9 Å². The molecule has 4 N–H and O–H groups in total. The summed E-state index contributed by atoms with van der Waals surface area (Å²) in [4.78, 5) is 24.8. The summed E-state index contributed by atoms with van der Waals surface area (Å²) >= 11 is 0. The SMILES string of the molecule is [B]O[C@]1(C)C(C)(COS(=O)(=O)[O-])OC(C)(C)[C@@](C)(NC(C)=O)[C@]1(C)COCC1(C)OC(C)(C(=O)[O-])[C@@](C)(O)[C@@](C)(O)[C@]1(C)O.[Na+].[Na+]. The van der Waals surface area contributed by atoms with Gasteiger partial charge < -0.3 is 54.0 Å². The van der Waals surface area contributed by atoms with Gasteiger partial charge in [0.2, 0.25) is 16.3 Å². The van der Waals surface area contributed by atoms with Crippen molar-refractivity contribution < 1.29 is 125 Å². The van der Waals surface area contributed by atoms with Crippen LogP contribution in [-0.4, -0.2) is 118 Å². The number of amides is 1. The molecule has 2 aliphatic rings. The van der Waals surface area contributed by atoms with Gasteiger partial charge in [0.1, 0.15) is 33.6 Å². The van der Waals surface area contributed by atoms with Gasteiger partial charge in [-0.15, -0.1) is 0 Å². The Labute approximate surface area is 317 Å². The van der Waals surface area contributed by atoms with Crippen molar-refractivity contribution in [2.45, 2.75) is 133 Å². The van der Waals surface area contributed by atoms with Gasteiger partial charge in [0.15, 0.2) is 0 Å². The fourth-order valence-corrected chi connectivity index (χ4v) is 7.35. The zero-order valence-electron chi connectivity index (χ0n) is 29.4. The van der Waals surface area contributed by atoms with Crippen molar-refractivity contribution in [1.82, 2.24) is 5.32 Å². The molecule has 2 fully saturated rings. The van der Waals surface area contributed by atoms with Crippen LogP contribution in [0.2, 0.25) is 0 Å². The van der Waals surface area contributed by atoms with Crippen LogP contribution in [-0.2, 0) is 43.0 Å². The zero-order chi connectivity index (χ0) is 35.0. The Kier molecular flexibility index (Phi) is 13.8. The third-order valence-electron chi connectivity index (χ3n) is 11.4. The van der Waals surface area contributed by atoms with Crippen molar-refractivity contribution >= 4 is 30.3 Å². The first-order chi connectivity index (χ1) is 19.2. The average Bonchev–Trinajstić information content (AvgIpc) is 2.83. The maximum absolute atomic E-state index is 12.5. The van der Waals surface area contributed by atoms with Crippen LogP contribution < -0.4 is 69.5 Å². The van der Waals surface area contributed by atoms with Gasteiger partial charge in [-0.25, -0.2) is 8.42 Å². The molecule has 0 bridgehead atoms. The number of carbonyl (C=O) groups excluding carboxylic acids is 2. The summed E-state index contributed by atoms with van der Waals surface area (Å²) in [7, 11) is 0.655. The summed E-state index contributed by atoms with van der Waals surface area (Å²) < 4.78 is 62.7. The summed E-state index contributed by atoms with van der Waals surface area (Å²) in [5, 5.41) is 49.3. The number of aliphatic carboxylic acids is 1. The smallest absolute Gasteiger partial charge is 0.726 e. The molecule has 2 aliphatic heterocycles. The molecule has 254 valence electrons. The van der Waals surface area contributed by atoms with Gasteiger partial charge in [-0.3, -0.25) is 8.98 Å². The Balaban J connectivity index is 0.0000101. The van der Waals surface area contributed by atoms with Crippen LogP contribution in [0.5, 0.6) is 0 Å². The van der Waals surface area contributed by atoms with Crippen LogP contribution in [0.15, 0.2) is 0 Å². The molecule has 0 aromatic carbocycles. The minimum atomic E-state index is -5.20. The predicted octanol–water partition coefficient (Wildman–Crippen LogP) is -7.63. The van der Waals surface area contributed by atoms with Crippen molar-refractivity contribution in [3.05, 3.63) is 0 Å². The Hall–Kier alpha value is 0.595. The second-order valence-corrected chi connectivity index (χ2v) is 15.2. The number of aliphatic hydroxyl groups is 3. The number of rotatable bonds is 10. The first kappa shape index (κ1) is 46.6. The average molecular weight is 698 g/mol. The van der Waals surface area contributed by atoms with E-state index in [-0.39, 0.29) is 59.1 Å². The van der Waals surface area contributed by atoms with E-state index in [1.165, 1.54) is 27.7 Å². The maximum atomic E-state index is 12.5. The van der Waals surface area contributed by atoms with Crippen LogP contribution >= 0.6 is 0 Å². The molecule has 19 heteroatoms. The van der Waals surface area contributed by atoms with Crippen LogP contribution in [0.4, 0.5) is 0 Å². The van der Waals surface area contributed by atoms with Crippen LogP contribution in [0.3, 0.4) is 0 Å². The Bertz CT molecular complexity index is 1280. The molecule has 9 atom stereocenters. The maximum Gasteiger partial charge on any atom is 1.00 e. The fraction of sp³-hybridized carbons (Fsp3) is 0.926. The number of nitrogens with one attached hydrogen (secondary N) is 1. The summed E-state index contributed by atoms with van der Waals surface area (Å²) in [5.74, 6) is -2.36. The second kappa shape index (κ2) is 13.6. The van der Waals surface area contributed by atoms with E-state index in [0.29, 0.717) is 0 Å². The predicted molar refractivity (Wildman–Crippen MR) is 150 cm³/mol. The van der Waals surface area contributed by atoms with Crippen LogP contribution in [0.25, 0.3) is 0 Å². The van der Waals surface area contributed by atoms with Crippen molar-refractivity contribution in [3.63, 3.8) is 0 Å². The Morgan fingerprint density at radius 2 is 1.28 bits per heavy atom. The third kappa shape index (κ3) is 6.57. The minimum absolute atomic E-state index is 0. The second-order valence-electron chi connectivity index (χ2n) is 14.2. The number of carboxylic acid groups (broad SMARTS) is 1. The van der Waals surface area contributed by atoms with Gasteiger partial charge in [-0.2, -0.15) is 0 Å². The Morgan fingerprint density at radius 3 is 1.67 bits per heavy atom. The number of ether oxygens (including phenoxy) is 3. The van der Waals surface area contributed by atoms with Crippen molar-refractivity contribution in [3.8, 4) is 0 Å². The van der Waals surface area contributed by atoms with E-state index in [1.54, 1.807) is 27.7 Å². The molecule has 2 saturated heterocycles. The van der Waals surface area contributed by atoms with Gasteiger partial charge >= 0.3 is 59.1 Å². The molecule has 0 saturated carbocycles. The van der Waals surface area contributed by atoms with Gasteiger partial charge in [0.05, 0.1) is 42.5 Å². The molecular formula is C27H46BNNa2O14S. The topological polar surface area (TPSA) is 233 Å². The molecule has 15 nitrogen and oxygen atoms in total. The molecule has 2 heterocycles. The molecule has 2 rings (SSSR count). The third-order valence-corrected chi connectivity index (χ3v) is 11.8. The summed E-state index contributed by atoms with van der Waals surface area (Å²) in [6.07, 6.45) is 0. The standard InChI is InChI=1S/C27H48BNO14S.2Na/c1-16(30)29-23(8)18(2,3)41-21(6,15-40-44(36,37)38)27(12,43-28)19(23,4)13-39-14-20(5)24(9,33)26(11,35)25(10,34)22(7,42-20)17(31)32;;/h33-35H,13-15H2,1-12H3,(H,29,30)(H,31,32)(H,36,37,38);;/q;2*+1/p-2/t19-,20?,21?,22?,23+,24+,25+,26-,27-;;/m0../s1. The molecule has 0 spiro atoms. The van der Waals surface area contributed by atoms with E-state index in [2.05, 4.69) is 9.50 Å². The van der Waals surface area contributed by atoms with E-state index >= 15 is 0 Å². The van der Waals surface area contributed by atoms with Crippen molar-refractivity contribution in [2.75, 3.05) is 19.8 Å². The number of carbonyl (C=O) groups is 2. The number of carboxylic acids is 1. The number of hydrogen-bond acceptors (Lipinski definition) is 14. The van der Waals surface area contributed by atoms with Gasteiger partial charge in [0, 0.05) is 12.3 Å². The zero-order valence-corrected chi connectivity index (χ0v) is 34.3.